The van der Waals surface area contributed by atoms with Crippen LogP contribution in [0.4, 0.5) is 13.2 Å². The number of rotatable bonds is 4. The van der Waals surface area contributed by atoms with Crippen LogP contribution in [0.2, 0.25) is 0 Å². The van der Waals surface area contributed by atoms with Gasteiger partial charge in [0.15, 0.2) is 0 Å². The highest BCUT2D eigenvalue weighted by Crippen LogP contribution is 2.30. The molecule has 13 heavy (non-hydrogen) atoms. The van der Waals surface area contributed by atoms with Crippen LogP contribution in [0.5, 0.6) is 0 Å². The summed E-state index contributed by atoms with van der Waals surface area (Å²) in [5, 5.41) is 0. The SMILES string of the molecule is COC(=O)[C@H](N)CCSC(F)(F)F. The van der Waals surface area contributed by atoms with Gasteiger partial charge < -0.3 is 10.5 Å². The van der Waals surface area contributed by atoms with E-state index in [0.29, 0.717) is 0 Å². The number of ether oxygens (including phenoxy) is 1. The first-order valence-electron chi connectivity index (χ1n) is 3.41. The van der Waals surface area contributed by atoms with E-state index in [1.54, 1.807) is 0 Å². The molecule has 3 nitrogen and oxygen atoms in total. The number of alkyl halides is 3. The lowest BCUT2D eigenvalue weighted by Crippen LogP contribution is -2.32. The molecule has 0 aliphatic heterocycles. The van der Waals surface area contributed by atoms with Crippen LogP contribution in [-0.2, 0) is 9.53 Å². The van der Waals surface area contributed by atoms with Crippen LogP contribution in [0, 0.1) is 0 Å². The summed E-state index contributed by atoms with van der Waals surface area (Å²) >= 11 is -0.198. The van der Waals surface area contributed by atoms with Crippen molar-refractivity contribution in [1.82, 2.24) is 0 Å². The molecule has 0 aromatic carbocycles. The van der Waals surface area contributed by atoms with E-state index < -0.39 is 17.5 Å². The summed E-state index contributed by atoms with van der Waals surface area (Å²) in [5.74, 6) is -0.928. The molecule has 0 aliphatic carbocycles. The zero-order valence-electron chi connectivity index (χ0n) is 6.93. The van der Waals surface area contributed by atoms with Crippen LogP contribution < -0.4 is 5.73 Å². The maximum atomic E-state index is 11.6. The van der Waals surface area contributed by atoms with Gasteiger partial charge in [-0.1, -0.05) is 11.8 Å². The van der Waals surface area contributed by atoms with Gasteiger partial charge in [-0.15, -0.1) is 0 Å². The number of nitrogens with two attached hydrogens (primary N) is 1. The van der Waals surface area contributed by atoms with Gasteiger partial charge in [0.25, 0.3) is 0 Å². The molecular formula is C6H10F3NO2S. The third kappa shape index (κ3) is 6.71. The molecule has 0 saturated carbocycles. The fourth-order valence-electron chi connectivity index (χ4n) is 0.571. The molecule has 0 radical (unpaired) electrons. The van der Waals surface area contributed by atoms with Crippen LogP contribution >= 0.6 is 11.8 Å². The summed E-state index contributed by atoms with van der Waals surface area (Å²) in [6, 6.07) is -0.972. The van der Waals surface area contributed by atoms with Gasteiger partial charge in [-0.05, 0) is 6.42 Å². The Labute approximate surface area is 77.8 Å². The maximum Gasteiger partial charge on any atom is 0.441 e. The van der Waals surface area contributed by atoms with Crippen molar-refractivity contribution in [3.05, 3.63) is 0 Å². The van der Waals surface area contributed by atoms with Gasteiger partial charge in [0.05, 0.1) is 7.11 Å². The van der Waals surface area contributed by atoms with Crippen molar-refractivity contribution in [2.45, 2.75) is 18.0 Å². The molecule has 1 atom stereocenters. The topological polar surface area (TPSA) is 52.3 Å². The van der Waals surface area contributed by atoms with Crippen LogP contribution in [0.3, 0.4) is 0 Å². The molecule has 0 aliphatic rings. The molecule has 0 aromatic rings. The van der Waals surface area contributed by atoms with E-state index >= 15 is 0 Å². The highest BCUT2D eigenvalue weighted by Gasteiger charge is 2.28. The van der Waals surface area contributed by atoms with Crippen molar-refractivity contribution in [3.8, 4) is 0 Å². The Morgan fingerprint density at radius 1 is 1.62 bits per heavy atom. The second kappa shape index (κ2) is 5.33. The maximum absolute atomic E-state index is 11.6. The Balaban J connectivity index is 3.59. The second-order valence-corrected chi connectivity index (χ2v) is 3.37. The molecule has 0 rings (SSSR count). The summed E-state index contributed by atoms with van der Waals surface area (Å²) in [6.07, 6.45) is -0.0448. The van der Waals surface area contributed by atoms with Gasteiger partial charge in [-0.2, -0.15) is 13.2 Å². The first kappa shape index (κ1) is 12.6. The van der Waals surface area contributed by atoms with Crippen molar-refractivity contribution in [2.24, 2.45) is 5.73 Å². The zero-order valence-corrected chi connectivity index (χ0v) is 7.74. The highest BCUT2D eigenvalue weighted by molar-refractivity contribution is 8.00. The van der Waals surface area contributed by atoms with E-state index in [9.17, 15) is 18.0 Å². The lowest BCUT2D eigenvalue weighted by molar-refractivity contribution is -0.142. The standard InChI is InChI=1S/C6H10F3NO2S/c1-12-5(11)4(10)2-3-13-6(7,8)9/h4H,2-3,10H2,1H3/t4-/m1/s1. The Morgan fingerprint density at radius 2 is 2.15 bits per heavy atom. The summed E-state index contributed by atoms with van der Waals surface area (Å²) in [6.45, 7) is 0. The first-order chi connectivity index (χ1) is 5.87. The molecule has 0 unspecified atom stereocenters. The van der Waals surface area contributed by atoms with Crippen molar-refractivity contribution < 1.29 is 22.7 Å². The molecule has 0 bridgehead atoms. The Kier molecular flexibility index (Phi) is 5.16. The highest BCUT2D eigenvalue weighted by atomic mass is 32.2. The zero-order chi connectivity index (χ0) is 10.5. The molecule has 7 heteroatoms. The predicted molar refractivity (Wildman–Crippen MR) is 43.1 cm³/mol. The predicted octanol–water partition coefficient (Wildman–Crippen LogP) is 1.13. The third-order valence-corrected chi connectivity index (χ3v) is 1.97. The minimum atomic E-state index is -4.27. The number of methoxy groups -OCH3 is 1. The number of hydrogen-bond acceptors (Lipinski definition) is 4. The minimum Gasteiger partial charge on any atom is -0.468 e. The van der Waals surface area contributed by atoms with E-state index in [4.69, 9.17) is 5.73 Å². The van der Waals surface area contributed by atoms with Crippen LogP contribution in [0.15, 0.2) is 0 Å². The van der Waals surface area contributed by atoms with Gasteiger partial charge in [0.1, 0.15) is 6.04 Å². The molecule has 78 valence electrons. The van der Waals surface area contributed by atoms with E-state index in [-0.39, 0.29) is 23.9 Å². The molecule has 2 N–H and O–H groups in total. The quantitative estimate of drug-likeness (QED) is 0.717. The summed E-state index contributed by atoms with van der Waals surface area (Å²) in [7, 11) is 1.14. The van der Waals surface area contributed by atoms with Gasteiger partial charge in [-0.25, -0.2) is 0 Å². The molecule has 0 heterocycles. The average Bonchev–Trinajstić information content (AvgIpc) is 2.00. The Morgan fingerprint density at radius 3 is 2.54 bits per heavy atom. The molecule has 0 fully saturated rings. The number of carbonyl (C=O) groups excluding carboxylic acids is 1. The lowest BCUT2D eigenvalue weighted by Gasteiger charge is -2.09. The second-order valence-electron chi connectivity index (χ2n) is 2.21. The number of thioether (sulfide) groups is 1. The van der Waals surface area contributed by atoms with E-state index in [1.165, 1.54) is 0 Å². The molecule has 0 saturated heterocycles. The molecule has 0 spiro atoms. The molecular weight excluding hydrogens is 207 g/mol. The van der Waals surface area contributed by atoms with E-state index in [0.717, 1.165) is 7.11 Å². The largest absolute Gasteiger partial charge is 0.468 e. The Hall–Kier alpha value is -0.430. The summed E-state index contributed by atoms with van der Waals surface area (Å²) in [5.41, 5.74) is 0.934. The fraction of sp³-hybridized carbons (Fsp3) is 0.833. The number of halogens is 3. The van der Waals surface area contributed by atoms with Crippen LogP contribution in [0.25, 0.3) is 0 Å². The van der Waals surface area contributed by atoms with Gasteiger partial charge in [0.2, 0.25) is 0 Å². The third-order valence-electron chi connectivity index (χ3n) is 1.20. The van der Waals surface area contributed by atoms with E-state index in [1.807, 2.05) is 0 Å². The van der Waals surface area contributed by atoms with Crippen molar-refractivity contribution in [3.63, 3.8) is 0 Å². The first-order valence-corrected chi connectivity index (χ1v) is 4.39. The van der Waals surface area contributed by atoms with Crippen LogP contribution in [0.1, 0.15) is 6.42 Å². The molecule has 0 aromatic heterocycles. The monoisotopic (exact) mass is 217 g/mol. The van der Waals surface area contributed by atoms with Gasteiger partial charge in [0, 0.05) is 5.75 Å². The van der Waals surface area contributed by atoms with Crippen molar-refractivity contribution in [2.75, 3.05) is 12.9 Å². The number of esters is 1. The van der Waals surface area contributed by atoms with Crippen molar-refractivity contribution >= 4 is 17.7 Å². The van der Waals surface area contributed by atoms with Gasteiger partial charge >= 0.3 is 11.5 Å². The normalized spacial score (nSPS) is 13.9. The van der Waals surface area contributed by atoms with E-state index in [2.05, 4.69) is 4.74 Å². The van der Waals surface area contributed by atoms with Crippen molar-refractivity contribution in [1.29, 1.82) is 0 Å². The van der Waals surface area contributed by atoms with Crippen LogP contribution in [-0.4, -0.2) is 30.4 Å². The Bertz CT molecular complexity index is 174. The smallest absolute Gasteiger partial charge is 0.441 e. The van der Waals surface area contributed by atoms with Gasteiger partial charge in [-0.3, -0.25) is 4.79 Å². The lowest BCUT2D eigenvalue weighted by atomic mass is 10.2. The summed E-state index contributed by atoms with van der Waals surface area (Å²) < 4.78 is 39.0. The molecule has 0 amide bonds. The number of hydrogen-bond donors (Lipinski definition) is 1. The minimum absolute atomic E-state index is 0.0448. The fourth-order valence-corrected chi connectivity index (χ4v) is 1.17. The average molecular weight is 217 g/mol. The summed E-state index contributed by atoms with van der Waals surface area (Å²) in [4.78, 5) is 10.6. The number of carbonyl (C=O) groups is 1.